The first-order valence-electron chi connectivity index (χ1n) is 18.1. The lowest BCUT2D eigenvalue weighted by molar-refractivity contribution is -0.145. The van der Waals surface area contributed by atoms with E-state index < -0.39 is 35.7 Å². The van der Waals surface area contributed by atoms with Gasteiger partial charge in [-0.1, -0.05) is 72.8 Å². The summed E-state index contributed by atoms with van der Waals surface area (Å²) in [7, 11) is 1.26. The lowest BCUT2D eigenvalue weighted by Crippen LogP contribution is -2.51. The Labute approximate surface area is 310 Å². The first-order chi connectivity index (χ1) is 25.5. The average Bonchev–Trinajstić information content (AvgIpc) is 3.13. The van der Waals surface area contributed by atoms with E-state index in [0.717, 1.165) is 32.7 Å². The van der Waals surface area contributed by atoms with Crippen LogP contribution in [0.25, 0.3) is 32.7 Å². The van der Waals surface area contributed by atoms with Crippen LogP contribution in [0.1, 0.15) is 59.3 Å². The Kier molecular flexibility index (Phi) is 13.3. The van der Waals surface area contributed by atoms with Gasteiger partial charge in [0.1, 0.15) is 35.8 Å². The number of nitrogens with one attached hydrogen (secondary N) is 3. The maximum absolute atomic E-state index is 13.5. The molecule has 3 amide bonds. The second kappa shape index (κ2) is 18.3. The maximum atomic E-state index is 13.5. The second-order valence-electron chi connectivity index (χ2n) is 13.9. The zero-order valence-corrected chi connectivity index (χ0v) is 30.9. The number of esters is 1. The number of amides is 3. The highest BCUT2D eigenvalue weighted by atomic mass is 16.6. The minimum atomic E-state index is -0.984. The highest BCUT2D eigenvalue weighted by Crippen LogP contribution is 2.45. The lowest BCUT2D eigenvalue weighted by Gasteiger charge is -2.22. The molecule has 3 N–H and O–H groups in total. The van der Waals surface area contributed by atoms with Gasteiger partial charge in [0.2, 0.25) is 11.8 Å². The number of hydrogen-bond acceptors (Lipinski definition) is 8. The van der Waals surface area contributed by atoms with E-state index in [9.17, 15) is 19.2 Å². The lowest BCUT2D eigenvalue weighted by atomic mass is 9.92. The van der Waals surface area contributed by atoms with E-state index in [-0.39, 0.29) is 38.4 Å². The molecule has 0 spiro atoms. The highest BCUT2D eigenvalue weighted by molar-refractivity contribution is 6.09. The Hall–Kier alpha value is -5.58. The summed E-state index contributed by atoms with van der Waals surface area (Å²) in [5.41, 5.74) is 1.17. The molecule has 0 fully saturated rings. The average molecular weight is 724 g/mol. The van der Waals surface area contributed by atoms with Crippen molar-refractivity contribution in [2.24, 2.45) is 0 Å². The van der Waals surface area contributed by atoms with Crippen LogP contribution in [0.2, 0.25) is 0 Å². The number of benzene rings is 4. The molecule has 0 saturated carbocycles. The van der Waals surface area contributed by atoms with Crippen molar-refractivity contribution in [2.45, 2.75) is 77.0 Å². The molecule has 1 heterocycles. The fraction of sp³-hybridized carbons (Fsp3) is 0.381. The Bertz CT molecular complexity index is 1950. The third-order valence-corrected chi connectivity index (χ3v) is 8.75. The normalized spacial score (nSPS) is 17.4. The molecule has 2 atom stereocenters. The van der Waals surface area contributed by atoms with Gasteiger partial charge in [0.05, 0.1) is 13.7 Å². The zero-order chi connectivity index (χ0) is 37.8. The van der Waals surface area contributed by atoms with Crippen molar-refractivity contribution < 1.29 is 38.1 Å². The van der Waals surface area contributed by atoms with Crippen LogP contribution in [0.15, 0.2) is 84.9 Å². The molecule has 0 unspecified atom stereocenters. The summed E-state index contributed by atoms with van der Waals surface area (Å²) in [6, 6.07) is 22.3. The number of unbranched alkanes of at least 4 members (excludes halogenated alkanes) is 1. The molecule has 11 heteroatoms. The number of ether oxygens (including phenoxy) is 4. The molecule has 5 rings (SSSR count). The number of alkyl carbamates (subject to hydrolysis) is 1. The molecule has 4 aromatic carbocycles. The van der Waals surface area contributed by atoms with Crippen molar-refractivity contribution in [3.63, 3.8) is 0 Å². The maximum Gasteiger partial charge on any atom is 0.407 e. The SMILES string of the molecule is COC(=O)[C@@H]1CC=CCOc2ccc3ccccc3c2-c2c(ccc3ccccc23)OCCCC(=O)N[C@H](CCCCNC(=O)OC(C)(C)C)C(=O)N1. The molecular weight excluding hydrogens is 674 g/mol. The third-order valence-electron chi connectivity index (χ3n) is 8.75. The third kappa shape index (κ3) is 10.7. The molecule has 0 aliphatic carbocycles. The molecule has 0 bridgehead atoms. The number of rotatable bonds is 6. The van der Waals surface area contributed by atoms with E-state index in [1.165, 1.54) is 7.11 Å². The summed E-state index contributed by atoms with van der Waals surface area (Å²) in [5.74, 6) is -0.115. The van der Waals surface area contributed by atoms with Gasteiger partial charge in [-0.15, -0.1) is 0 Å². The van der Waals surface area contributed by atoms with Crippen molar-refractivity contribution in [3.8, 4) is 22.6 Å². The molecule has 11 nitrogen and oxygen atoms in total. The largest absolute Gasteiger partial charge is 0.493 e. The van der Waals surface area contributed by atoms with Gasteiger partial charge < -0.3 is 34.9 Å². The van der Waals surface area contributed by atoms with Gasteiger partial charge in [-0.2, -0.15) is 0 Å². The summed E-state index contributed by atoms with van der Waals surface area (Å²) in [6.45, 7) is 6.14. The van der Waals surface area contributed by atoms with Crippen LogP contribution < -0.4 is 25.4 Å². The van der Waals surface area contributed by atoms with Crippen molar-refractivity contribution in [3.05, 3.63) is 84.9 Å². The van der Waals surface area contributed by atoms with Crippen LogP contribution in [-0.2, 0) is 23.9 Å². The van der Waals surface area contributed by atoms with Crippen molar-refractivity contribution >= 4 is 45.4 Å². The smallest absolute Gasteiger partial charge is 0.407 e. The molecule has 1 aliphatic heterocycles. The predicted octanol–water partition coefficient (Wildman–Crippen LogP) is 7.00. The van der Waals surface area contributed by atoms with Gasteiger partial charge in [-0.25, -0.2) is 9.59 Å². The van der Waals surface area contributed by atoms with Crippen LogP contribution in [0.4, 0.5) is 4.79 Å². The van der Waals surface area contributed by atoms with Crippen molar-refractivity contribution in [1.82, 2.24) is 16.0 Å². The first kappa shape index (κ1) is 38.6. The molecular formula is C42H49N3O8. The van der Waals surface area contributed by atoms with Crippen molar-refractivity contribution in [2.75, 3.05) is 26.9 Å². The van der Waals surface area contributed by atoms with E-state index in [4.69, 9.17) is 18.9 Å². The van der Waals surface area contributed by atoms with E-state index in [0.29, 0.717) is 37.3 Å². The van der Waals surface area contributed by atoms with Gasteiger partial charge in [-0.05, 0) is 86.6 Å². The minimum Gasteiger partial charge on any atom is -0.493 e. The van der Waals surface area contributed by atoms with Crippen LogP contribution >= 0.6 is 0 Å². The Morgan fingerprint density at radius 2 is 1.47 bits per heavy atom. The summed E-state index contributed by atoms with van der Waals surface area (Å²) in [4.78, 5) is 51.6. The molecule has 0 saturated heterocycles. The van der Waals surface area contributed by atoms with Crippen molar-refractivity contribution in [1.29, 1.82) is 0 Å². The van der Waals surface area contributed by atoms with Gasteiger partial charge in [0, 0.05) is 24.1 Å². The number of fused-ring (bicyclic) bond motifs is 7. The fourth-order valence-electron chi connectivity index (χ4n) is 6.25. The quantitative estimate of drug-likeness (QED) is 0.110. The van der Waals surface area contributed by atoms with E-state index in [2.05, 4.69) is 40.2 Å². The standard InChI is InChI=1S/C42H49N3O8/c1-42(2,3)53-41(49)43-25-11-9-18-32-39(47)45-33(40(48)50-4)19-10-12-26-51-34-23-21-28-14-5-7-16-30(28)37(34)38-31-17-8-6-15-29(31)22-24-35(38)52-27-13-20-36(46)44-32/h5-8,10,12,14-17,21-24,32-33H,9,11,13,18-20,25-27H2,1-4H3,(H,43,49)(H,44,46)(H,45,47)/t32-,33+/m1/s1. The minimum absolute atomic E-state index is 0.110. The molecule has 53 heavy (non-hydrogen) atoms. The summed E-state index contributed by atoms with van der Waals surface area (Å²) < 4.78 is 23.1. The molecule has 280 valence electrons. The van der Waals surface area contributed by atoms with Gasteiger partial charge >= 0.3 is 12.1 Å². The summed E-state index contributed by atoms with van der Waals surface area (Å²) in [6.07, 6.45) is 5.02. The molecule has 1 aliphatic rings. The fourth-order valence-corrected chi connectivity index (χ4v) is 6.25. The Morgan fingerprint density at radius 1 is 0.830 bits per heavy atom. The van der Waals surface area contributed by atoms with Crippen LogP contribution in [0.3, 0.4) is 0 Å². The monoisotopic (exact) mass is 723 g/mol. The first-order valence-corrected chi connectivity index (χ1v) is 18.1. The number of carbonyl (C=O) groups excluding carboxylic acids is 4. The van der Waals surface area contributed by atoms with E-state index in [1.54, 1.807) is 32.9 Å². The Balaban J connectivity index is 1.40. The number of carbonyl (C=O) groups is 4. The van der Waals surface area contributed by atoms with Crippen LogP contribution in [-0.4, -0.2) is 68.4 Å². The zero-order valence-electron chi connectivity index (χ0n) is 30.9. The number of hydrogen-bond donors (Lipinski definition) is 3. The molecule has 4 aromatic rings. The molecule has 0 radical (unpaired) electrons. The summed E-state index contributed by atoms with van der Waals surface area (Å²) in [5, 5.41) is 12.4. The van der Waals surface area contributed by atoms with Crippen LogP contribution in [0, 0.1) is 0 Å². The predicted molar refractivity (Wildman–Crippen MR) is 205 cm³/mol. The van der Waals surface area contributed by atoms with E-state index >= 15 is 0 Å². The van der Waals surface area contributed by atoms with Crippen LogP contribution in [0.5, 0.6) is 11.5 Å². The van der Waals surface area contributed by atoms with Gasteiger partial charge in [-0.3, -0.25) is 9.59 Å². The topological polar surface area (TPSA) is 141 Å². The number of methoxy groups -OCH3 is 1. The highest BCUT2D eigenvalue weighted by Gasteiger charge is 2.27. The molecule has 0 aromatic heterocycles. The van der Waals surface area contributed by atoms with E-state index in [1.807, 2.05) is 48.5 Å². The second-order valence-corrected chi connectivity index (χ2v) is 13.9. The van der Waals surface area contributed by atoms with Gasteiger partial charge in [0.15, 0.2) is 0 Å². The summed E-state index contributed by atoms with van der Waals surface area (Å²) >= 11 is 0. The van der Waals surface area contributed by atoms with Gasteiger partial charge in [0.25, 0.3) is 0 Å². The Morgan fingerprint density at radius 3 is 2.11 bits per heavy atom.